The monoisotopic (exact) mass is 414 g/mol. The zero-order chi connectivity index (χ0) is 14.7. The molecule has 0 radical (unpaired) electrons. The van der Waals surface area contributed by atoms with E-state index in [1.807, 2.05) is 6.07 Å². The van der Waals surface area contributed by atoms with Crippen molar-refractivity contribution in [2.45, 2.75) is 31.5 Å². The van der Waals surface area contributed by atoms with Crippen LogP contribution in [0, 0.1) is 0 Å². The largest absolute Gasteiger partial charge is 0.0831 e. The molecule has 2 aromatic rings. The Bertz CT molecular complexity index is 608. The van der Waals surface area contributed by atoms with E-state index in [2.05, 4.69) is 76.0 Å². The summed E-state index contributed by atoms with van der Waals surface area (Å²) in [6, 6.07) is 12.9. The van der Waals surface area contributed by atoms with Crippen molar-refractivity contribution in [3.63, 3.8) is 0 Å². The van der Waals surface area contributed by atoms with Gasteiger partial charge in [0.1, 0.15) is 0 Å². The van der Waals surface area contributed by atoms with Crippen molar-refractivity contribution in [1.82, 2.24) is 0 Å². The standard InChI is InChI=1S/C17H17Br2Cl/c1-3-11-5-6-12(4-2)14(9-11)17(19)13-7-8-16(20)15(18)10-13/h5-10,17H,3-4H2,1-2H3. The second-order valence-corrected chi connectivity index (χ2v) is 6.95. The first-order valence-corrected chi connectivity index (χ1v) is 8.86. The highest BCUT2D eigenvalue weighted by Crippen LogP contribution is 2.36. The molecule has 1 atom stereocenters. The summed E-state index contributed by atoms with van der Waals surface area (Å²) in [7, 11) is 0. The fourth-order valence-electron chi connectivity index (χ4n) is 2.27. The van der Waals surface area contributed by atoms with E-state index in [0.717, 1.165) is 22.3 Å². The van der Waals surface area contributed by atoms with E-state index >= 15 is 0 Å². The molecule has 0 aliphatic heterocycles. The highest BCUT2D eigenvalue weighted by molar-refractivity contribution is 9.10. The van der Waals surface area contributed by atoms with Crippen molar-refractivity contribution in [3.8, 4) is 0 Å². The van der Waals surface area contributed by atoms with Crippen LogP contribution >= 0.6 is 43.5 Å². The molecule has 2 aromatic carbocycles. The summed E-state index contributed by atoms with van der Waals surface area (Å²) in [5.41, 5.74) is 5.31. The average molecular weight is 417 g/mol. The normalized spacial score (nSPS) is 12.4. The summed E-state index contributed by atoms with van der Waals surface area (Å²) in [5.74, 6) is 0. The maximum atomic E-state index is 6.08. The van der Waals surface area contributed by atoms with Crippen molar-refractivity contribution in [2.75, 3.05) is 0 Å². The summed E-state index contributed by atoms with van der Waals surface area (Å²) >= 11 is 13.4. The van der Waals surface area contributed by atoms with Crippen molar-refractivity contribution < 1.29 is 0 Å². The Kier molecular flexibility index (Phi) is 5.71. The quantitative estimate of drug-likeness (QED) is 0.486. The Morgan fingerprint density at radius 3 is 2.40 bits per heavy atom. The van der Waals surface area contributed by atoms with Crippen LogP contribution in [-0.2, 0) is 12.8 Å². The van der Waals surface area contributed by atoms with Crippen LogP contribution in [-0.4, -0.2) is 0 Å². The Labute approximate surface area is 142 Å². The van der Waals surface area contributed by atoms with Crippen LogP contribution in [0.2, 0.25) is 5.02 Å². The summed E-state index contributed by atoms with van der Waals surface area (Å²) in [6.07, 6.45) is 2.09. The molecule has 106 valence electrons. The number of hydrogen-bond acceptors (Lipinski definition) is 0. The number of aryl methyl sites for hydroxylation is 2. The van der Waals surface area contributed by atoms with Crippen LogP contribution in [0.15, 0.2) is 40.9 Å². The molecule has 0 saturated carbocycles. The van der Waals surface area contributed by atoms with E-state index in [0.29, 0.717) is 0 Å². The lowest BCUT2D eigenvalue weighted by Gasteiger charge is -2.17. The van der Waals surface area contributed by atoms with Gasteiger partial charge >= 0.3 is 0 Å². The first-order chi connectivity index (χ1) is 9.56. The SMILES string of the molecule is CCc1ccc(CC)c(C(Br)c2ccc(Cl)c(Br)c2)c1. The molecule has 2 rings (SSSR count). The van der Waals surface area contributed by atoms with Crippen LogP contribution in [0.4, 0.5) is 0 Å². The van der Waals surface area contributed by atoms with Crippen LogP contribution in [0.3, 0.4) is 0 Å². The van der Waals surface area contributed by atoms with Gasteiger partial charge in [0.05, 0.1) is 9.85 Å². The number of benzene rings is 2. The lowest BCUT2D eigenvalue weighted by molar-refractivity contribution is 1.03. The molecule has 0 N–H and O–H groups in total. The summed E-state index contributed by atoms with van der Waals surface area (Å²) in [6.45, 7) is 4.38. The molecule has 0 nitrogen and oxygen atoms in total. The first-order valence-electron chi connectivity index (χ1n) is 6.77. The van der Waals surface area contributed by atoms with E-state index in [1.54, 1.807) is 0 Å². The molecule has 0 spiro atoms. The van der Waals surface area contributed by atoms with Crippen LogP contribution in [0.1, 0.15) is 40.9 Å². The Morgan fingerprint density at radius 1 is 1.05 bits per heavy atom. The molecule has 0 fully saturated rings. The molecular formula is C17H17Br2Cl. The van der Waals surface area contributed by atoms with Crippen molar-refractivity contribution in [3.05, 3.63) is 68.1 Å². The molecule has 0 heterocycles. The molecule has 0 aromatic heterocycles. The minimum Gasteiger partial charge on any atom is -0.0831 e. The minimum absolute atomic E-state index is 0.192. The zero-order valence-electron chi connectivity index (χ0n) is 11.6. The fourth-order valence-corrected chi connectivity index (χ4v) is 3.50. The third kappa shape index (κ3) is 3.47. The third-order valence-corrected chi connectivity index (χ3v) is 5.74. The molecule has 1 unspecified atom stereocenters. The maximum absolute atomic E-state index is 6.08. The van der Waals surface area contributed by atoms with Gasteiger partial charge in [0, 0.05) is 4.47 Å². The fraction of sp³-hybridized carbons (Fsp3) is 0.294. The number of rotatable bonds is 4. The van der Waals surface area contributed by atoms with Gasteiger partial charge in [-0.2, -0.15) is 0 Å². The minimum atomic E-state index is 0.192. The summed E-state index contributed by atoms with van der Waals surface area (Å²) < 4.78 is 0.936. The Hall–Kier alpha value is -0.310. The van der Waals surface area contributed by atoms with Crippen molar-refractivity contribution in [1.29, 1.82) is 0 Å². The van der Waals surface area contributed by atoms with Gasteiger partial charge in [0.2, 0.25) is 0 Å². The smallest absolute Gasteiger partial charge is 0.0647 e. The highest BCUT2D eigenvalue weighted by atomic mass is 79.9. The van der Waals surface area contributed by atoms with E-state index in [4.69, 9.17) is 11.6 Å². The third-order valence-electron chi connectivity index (χ3n) is 3.51. The van der Waals surface area contributed by atoms with Gasteiger partial charge < -0.3 is 0 Å². The summed E-state index contributed by atoms with van der Waals surface area (Å²) in [4.78, 5) is 0.192. The van der Waals surface area contributed by atoms with Crippen molar-refractivity contribution >= 4 is 43.5 Å². The molecule has 0 bridgehead atoms. The number of alkyl halides is 1. The average Bonchev–Trinajstić information content (AvgIpc) is 2.48. The Balaban J connectivity index is 2.45. The second-order valence-electron chi connectivity index (χ2n) is 4.78. The maximum Gasteiger partial charge on any atom is 0.0647 e. The van der Waals surface area contributed by atoms with E-state index < -0.39 is 0 Å². The van der Waals surface area contributed by atoms with E-state index in [1.165, 1.54) is 22.3 Å². The zero-order valence-corrected chi connectivity index (χ0v) is 15.5. The van der Waals surface area contributed by atoms with E-state index in [9.17, 15) is 0 Å². The predicted molar refractivity (Wildman–Crippen MR) is 95.1 cm³/mol. The van der Waals surface area contributed by atoms with Crippen LogP contribution in [0.5, 0.6) is 0 Å². The van der Waals surface area contributed by atoms with Gasteiger partial charge in [0.25, 0.3) is 0 Å². The molecule has 0 aliphatic carbocycles. The van der Waals surface area contributed by atoms with Gasteiger partial charge in [-0.25, -0.2) is 0 Å². The van der Waals surface area contributed by atoms with Crippen molar-refractivity contribution in [2.24, 2.45) is 0 Å². The van der Waals surface area contributed by atoms with Gasteiger partial charge in [-0.3, -0.25) is 0 Å². The lowest BCUT2D eigenvalue weighted by atomic mass is 9.95. The lowest BCUT2D eigenvalue weighted by Crippen LogP contribution is -2.00. The van der Waals surface area contributed by atoms with E-state index in [-0.39, 0.29) is 4.83 Å². The van der Waals surface area contributed by atoms with Gasteiger partial charge in [-0.15, -0.1) is 0 Å². The van der Waals surface area contributed by atoms with Gasteiger partial charge in [-0.1, -0.05) is 65.6 Å². The molecular weight excluding hydrogens is 399 g/mol. The number of halogens is 3. The highest BCUT2D eigenvalue weighted by Gasteiger charge is 2.15. The molecule has 20 heavy (non-hydrogen) atoms. The topological polar surface area (TPSA) is 0 Å². The first kappa shape index (κ1) is 16.1. The number of hydrogen-bond donors (Lipinski definition) is 0. The molecule has 3 heteroatoms. The second kappa shape index (κ2) is 7.11. The Morgan fingerprint density at radius 2 is 1.80 bits per heavy atom. The molecule has 0 aliphatic rings. The van der Waals surface area contributed by atoms with Crippen LogP contribution in [0.25, 0.3) is 0 Å². The van der Waals surface area contributed by atoms with Gasteiger partial charge in [-0.05, 0) is 63.2 Å². The predicted octanol–water partition coefficient (Wildman–Crippen LogP) is 6.71. The van der Waals surface area contributed by atoms with Gasteiger partial charge in [0.15, 0.2) is 0 Å². The molecule has 0 amide bonds. The molecule has 0 saturated heterocycles. The van der Waals surface area contributed by atoms with Crippen LogP contribution < -0.4 is 0 Å². The summed E-state index contributed by atoms with van der Waals surface area (Å²) in [5, 5.41) is 0.742.